The molecule has 28 heavy (non-hydrogen) atoms. The summed E-state index contributed by atoms with van der Waals surface area (Å²) in [5.74, 6) is -2.11. The quantitative estimate of drug-likeness (QED) is 0.579. The van der Waals surface area contributed by atoms with Gasteiger partial charge in [-0.15, -0.1) is 0 Å². The minimum absolute atomic E-state index is 0.105. The van der Waals surface area contributed by atoms with Gasteiger partial charge in [0, 0.05) is 5.39 Å². The number of nitrogens with one attached hydrogen (secondary N) is 1. The van der Waals surface area contributed by atoms with Crippen LogP contribution in [0.1, 0.15) is 33.6 Å². The molecule has 0 saturated carbocycles. The number of aromatic amines is 1. The molecule has 0 fully saturated rings. The normalized spacial score (nSPS) is 18.8. The zero-order valence-electron chi connectivity index (χ0n) is 14.5. The maximum absolute atomic E-state index is 11.7. The van der Waals surface area contributed by atoms with Crippen molar-refractivity contribution in [3.63, 3.8) is 0 Å². The van der Waals surface area contributed by atoms with Gasteiger partial charge in [0.15, 0.2) is 0 Å². The Morgan fingerprint density at radius 3 is 2.39 bits per heavy atom. The summed E-state index contributed by atoms with van der Waals surface area (Å²) in [6.07, 6.45) is 0.207. The molecule has 1 aliphatic heterocycles. The summed E-state index contributed by atoms with van der Waals surface area (Å²) in [7, 11) is 0. The molecule has 1 unspecified atom stereocenters. The van der Waals surface area contributed by atoms with Gasteiger partial charge >= 0.3 is 11.9 Å². The van der Waals surface area contributed by atoms with Crippen LogP contribution in [0.5, 0.6) is 0 Å². The molecule has 2 aromatic carbocycles. The molecule has 3 aromatic rings. The number of H-pyrrole nitrogens is 1. The maximum atomic E-state index is 11.7. The second-order valence-corrected chi connectivity index (χ2v) is 7.45. The van der Waals surface area contributed by atoms with E-state index in [0.29, 0.717) is 33.2 Å². The van der Waals surface area contributed by atoms with Crippen LogP contribution in [-0.2, 0) is 21.6 Å². The van der Waals surface area contributed by atoms with E-state index in [1.54, 1.807) is 24.3 Å². The van der Waals surface area contributed by atoms with Crippen LogP contribution in [0.25, 0.3) is 10.9 Å². The first-order valence-electron chi connectivity index (χ1n) is 8.52. The number of rotatable bonds is 4. The lowest BCUT2D eigenvalue weighted by molar-refractivity contribution is -0.144. The molecule has 0 radical (unpaired) electrons. The van der Waals surface area contributed by atoms with E-state index in [9.17, 15) is 14.7 Å². The summed E-state index contributed by atoms with van der Waals surface area (Å²) in [4.78, 5) is 26.2. The van der Waals surface area contributed by atoms with Gasteiger partial charge in [-0.2, -0.15) is 0 Å². The van der Waals surface area contributed by atoms with Crippen molar-refractivity contribution in [2.45, 2.75) is 18.4 Å². The molecule has 1 aliphatic rings. The molecule has 0 saturated heterocycles. The number of hydrogen-bond acceptors (Lipinski definition) is 3. The third kappa shape index (κ3) is 2.85. The van der Waals surface area contributed by atoms with Gasteiger partial charge < -0.3 is 19.9 Å². The number of carboxylic acids is 2. The monoisotopic (exact) mass is 419 g/mol. The van der Waals surface area contributed by atoms with E-state index >= 15 is 0 Å². The molecule has 4 rings (SSSR count). The van der Waals surface area contributed by atoms with Gasteiger partial charge in [0.2, 0.25) is 0 Å². The molecular weight excluding hydrogens is 405 g/mol. The Morgan fingerprint density at radius 2 is 1.75 bits per heavy atom. The van der Waals surface area contributed by atoms with Gasteiger partial charge in [-0.1, -0.05) is 35.3 Å². The number of aromatic nitrogens is 1. The second kappa shape index (κ2) is 6.81. The molecule has 144 valence electrons. The first-order chi connectivity index (χ1) is 13.3. The van der Waals surface area contributed by atoms with E-state index in [-0.39, 0.29) is 18.6 Å². The average Bonchev–Trinajstić information content (AvgIpc) is 3.07. The number of aliphatic carboxylic acids is 1. The summed E-state index contributed by atoms with van der Waals surface area (Å²) in [5.41, 5.74) is 1.41. The van der Waals surface area contributed by atoms with Crippen LogP contribution >= 0.6 is 23.2 Å². The van der Waals surface area contributed by atoms with Crippen LogP contribution in [-0.4, -0.2) is 33.7 Å². The zero-order chi connectivity index (χ0) is 20.1. The van der Waals surface area contributed by atoms with Crippen LogP contribution in [0.2, 0.25) is 10.0 Å². The van der Waals surface area contributed by atoms with E-state index in [2.05, 4.69) is 4.98 Å². The highest BCUT2D eigenvalue weighted by atomic mass is 35.5. The van der Waals surface area contributed by atoms with Crippen molar-refractivity contribution in [2.75, 3.05) is 6.61 Å². The van der Waals surface area contributed by atoms with Crippen molar-refractivity contribution >= 4 is 46.0 Å². The molecule has 1 atom stereocenters. The van der Waals surface area contributed by atoms with Gasteiger partial charge in [-0.25, -0.2) is 4.79 Å². The van der Waals surface area contributed by atoms with E-state index in [4.69, 9.17) is 33.0 Å². The lowest BCUT2D eigenvalue weighted by Gasteiger charge is -2.37. The summed E-state index contributed by atoms with van der Waals surface area (Å²) in [5, 5.41) is 20.5. The van der Waals surface area contributed by atoms with Gasteiger partial charge in [-0.3, -0.25) is 4.79 Å². The third-order valence-corrected chi connectivity index (χ3v) is 5.69. The van der Waals surface area contributed by atoms with Gasteiger partial charge in [0.1, 0.15) is 5.60 Å². The second-order valence-electron chi connectivity index (χ2n) is 6.64. The highest BCUT2D eigenvalue weighted by Gasteiger charge is 2.44. The first kappa shape index (κ1) is 18.8. The number of carboxylic acid groups (broad SMARTS) is 2. The number of ether oxygens (including phenoxy) is 1. The Hall–Kier alpha value is -2.54. The lowest BCUT2D eigenvalue weighted by Crippen LogP contribution is -2.39. The zero-order valence-corrected chi connectivity index (χ0v) is 16.0. The fourth-order valence-electron chi connectivity index (χ4n) is 3.85. The Balaban J connectivity index is 1.99. The van der Waals surface area contributed by atoms with Crippen LogP contribution in [0.3, 0.4) is 0 Å². The van der Waals surface area contributed by atoms with Crippen molar-refractivity contribution in [1.29, 1.82) is 0 Å². The molecule has 6 nitrogen and oxygen atoms in total. The average molecular weight is 420 g/mol. The molecule has 0 bridgehead atoms. The van der Waals surface area contributed by atoms with Gasteiger partial charge in [0.25, 0.3) is 0 Å². The van der Waals surface area contributed by atoms with Crippen LogP contribution in [0, 0.1) is 0 Å². The number of halogens is 2. The summed E-state index contributed by atoms with van der Waals surface area (Å²) >= 11 is 12.7. The molecule has 3 N–H and O–H groups in total. The topological polar surface area (TPSA) is 99.6 Å². The van der Waals surface area contributed by atoms with Gasteiger partial charge in [-0.05, 0) is 41.8 Å². The molecule has 0 amide bonds. The van der Waals surface area contributed by atoms with E-state index in [1.807, 2.05) is 0 Å². The van der Waals surface area contributed by atoms with E-state index in [0.717, 1.165) is 10.9 Å². The SMILES string of the molecule is O=C(O)CC1(c2ccc(C(=O)O)cc2)OCCc2c1[nH]c1c(Cl)ccc(Cl)c21. The standard InChI is InChI=1S/C20H15Cl2NO5/c21-13-5-6-14(22)17-16(13)12-7-8-28-20(9-15(24)25,18(12)23-17)11-3-1-10(2-4-11)19(26)27/h1-6,23H,7-9H2,(H,24,25)(H,26,27). The van der Waals surface area contributed by atoms with Crippen molar-refractivity contribution in [1.82, 2.24) is 4.98 Å². The Kier molecular flexibility index (Phi) is 4.57. The summed E-state index contributed by atoms with van der Waals surface area (Å²) < 4.78 is 6.05. The first-order valence-corrected chi connectivity index (χ1v) is 9.27. The van der Waals surface area contributed by atoms with E-state index in [1.165, 1.54) is 12.1 Å². The third-order valence-electron chi connectivity index (χ3n) is 5.06. The number of hydrogen-bond donors (Lipinski definition) is 3. The maximum Gasteiger partial charge on any atom is 0.335 e. The number of benzene rings is 2. The minimum Gasteiger partial charge on any atom is -0.481 e. The van der Waals surface area contributed by atoms with Crippen LogP contribution in [0.4, 0.5) is 0 Å². The predicted octanol–water partition coefficient (Wildman–Crippen LogP) is 4.46. The Bertz CT molecular complexity index is 1110. The Morgan fingerprint density at radius 1 is 1.07 bits per heavy atom. The smallest absolute Gasteiger partial charge is 0.335 e. The molecule has 1 aromatic heterocycles. The van der Waals surface area contributed by atoms with E-state index < -0.39 is 17.5 Å². The van der Waals surface area contributed by atoms with Crippen molar-refractivity contribution in [3.05, 3.63) is 68.8 Å². The summed E-state index contributed by atoms with van der Waals surface area (Å²) in [6, 6.07) is 9.40. The molecule has 0 spiro atoms. The molecular formula is C20H15Cl2NO5. The Labute approximate surface area is 169 Å². The van der Waals surface area contributed by atoms with Crippen molar-refractivity contribution in [3.8, 4) is 0 Å². The van der Waals surface area contributed by atoms with Gasteiger partial charge in [0.05, 0.1) is 39.8 Å². The molecule has 2 heterocycles. The largest absolute Gasteiger partial charge is 0.481 e. The number of aromatic carboxylic acids is 1. The number of carbonyl (C=O) groups is 2. The molecule has 0 aliphatic carbocycles. The van der Waals surface area contributed by atoms with Crippen LogP contribution in [0.15, 0.2) is 36.4 Å². The minimum atomic E-state index is -1.30. The fourth-order valence-corrected chi connectivity index (χ4v) is 4.33. The fraction of sp³-hybridized carbons (Fsp3) is 0.200. The lowest BCUT2D eigenvalue weighted by atomic mass is 9.82. The highest BCUT2D eigenvalue weighted by Crippen LogP contribution is 2.46. The molecule has 8 heteroatoms. The summed E-state index contributed by atoms with van der Waals surface area (Å²) in [6.45, 7) is 0.288. The van der Waals surface area contributed by atoms with Crippen molar-refractivity contribution < 1.29 is 24.5 Å². The van der Waals surface area contributed by atoms with Crippen molar-refractivity contribution in [2.24, 2.45) is 0 Å². The number of fused-ring (bicyclic) bond motifs is 3. The predicted molar refractivity (Wildman–Crippen MR) is 104 cm³/mol. The highest BCUT2D eigenvalue weighted by molar-refractivity contribution is 6.40. The van der Waals surface area contributed by atoms with Crippen LogP contribution < -0.4 is 0 Å².